The summed E-state index contributed by atoms with van der Waals surface area (Å²) in [5, 5.41) is 3.64. The van der Waals surface area contributed by atoms with Gasteiger partial charge in [0.1, 0.15) is 0 Å². The Kier molecular flexibility index (Phi) is 7.20. The normalized spacial score (nSPS) is 16.4. The molecule has 0 aliphatic heterocycles. The molecule has 2 atom stereocenters. The van der Waals surface area contributed by atoms with E-state index in [9.17, 15) is 0 Å². The average molecular weight is 215 g/mol. The monoisotopic (exact) mass is 215 g/mol. The van der Waals surface area contributed by atoms with Gasteiger partial charge in [-0.3, -0.25) is 0 Å². The summed E-state index contributed by atoms with van der Waals surface area (Å²) in [5.41, 5.74) is 0.331. The molecule has 0 bridgehead atoms. The van der Waals surface area contributed by atoms with E-state index in [2.05, 4.69) is 39.9 Å². The zero-order valence-electron chi connectivity index (χ0n) is 11.4. The molecule has 2 heteroatoms. The van der Waals surface area contributed by atoms with Gasteiger partial charge in [0.15, 0.2) is 0 Å². The third kappa shape index (κ3) is 6.91. The molecule has 0 aliphatic rings. The van der Waals surface area contributed by atoms with Crippen molar-refractivity contribution >= 4 is 0 Å². The highest BCUT2D eigenvalue weighted by Gasteiger charge is 2.25. The van der Waals surface area contributed by atoms with Gasteiger partial charge in [0, 0.05) is 19.8 Å². The molecule has 0 heterocycles. The van der Waals surface area contributed by atoms with E-state index in [1.54, 1.807) is 7.11 Å². The van der Waals surface area contributed by atoms with E-state index < -0.39 is 0 Å². The largest absolute Gasteiger partial charge is 0.384 e. The van der Waals surface area contributed by atoms with Crippen LogP contribution in [0.4, 0.5) is 0 Å². The lowest BCUT2D eigenvalue weighted by Crippen LogP contribution is -2.42. The molecule has 0 aromatic heterocycles. The molecule has 92 valence electrons. The Labute approximate surface area is 95.8 Å². The maximum Gasteiger partial charge on any atom is 0.0488 e. The maximum atomic E-state index is 5.19. The van der Waals surface area contributed by atoms with Gasteiger partial charge in [0.05, 0.1) is 0 Å². The molecule has 0 aromatic carbocycles. The topological polar surface area (TPSA) is 21.3 Å². The summed E-state index contributed by atoms with van der Waals surface area (Å²) in [6.45, 7) is 13.4. The lowest BCUT2D eigenvalue weighted by Gasteiger charge is -2.33. The van der Waals surface area contributed by atoms with Crippen LogP contribution in [0, 0.1) is 11.3 Å². The summed E-state index contributed by atoms with van der Waals surface area (Å²) in [5.74, 6) is 0.628. The minimum absolute atomic E-state index is 0.331. The Balaban J connectivity index is 4.12. The van der Waals surface area contributed by atoms with Crippen molar-refractivity contribution in [1.82, 2.24) is 5.32 Å². The van der Waals surface area contributed by atoms with Crippen molar-refractivity contribution < 1.29 is 4.74 Å². The Hall–Kier alpha value is -0.0800. The summed E-state index contributed by atoms with van der Waals surface area (Å²) in [7, 11) is 1.78. The fourth-order valence-electron chi connectivity index (χ4n) is 1.82. The highest BCUT2D eigenvalue weighted by atomic mass is 16.5. The maximum absolute atomic E-state index is 5.19. The van der Waals surface area contributed by atoms with Gasteiger partial charge in [0.2, 0.25) is 0 Å². The fourth-order valence-corrected chi connectivity index (χ4v) is 1.82. The Morgan fingerprint density at radius 2 is 1.87 bits per heavy atom. The van der Waals surface area contributed by atoms with E-state index in [0.717, 1.165) is 13.2 Å². The molecule has 2 unspecified atom stereocenters. The molecule has 2 nitrogen and oxygen atoms in total. The van der Waals surface area contributed by atoms with E-state index in [-0.39, 0.29) is 0 Å². The molecule has 0 aliphatic carbocycles. The summed E-state index contributed by atoms with van der Waals surface area (Å²) in [4.78, 5) is 0. The summed E-state index contributed by atoms with van der Waals surface area (Å²) >= 11 is 0. The van der Waals surface area contributed by atoms with Crippen LogP contribution >= 0.6 is 0 Å². The van der Waals surface area contributed by atoms with Gasteiger partial charge in [0.25, 0.3) is 0 Å². The van der Waals surface area contributed by atoms with Crippen LogP contribution in [0.15, 0.2) is 0 Å². The van der Waals surface area contributed by atoms with E-state index in [1.165, 1.54) is 12.8 Å². The molecule has 0 radical (unpaired) electrons. The number of nitrogens with one attached hydrogen (secondary N) is 1. The highest BCUT2D eigenvalue weighted by Crippen LogP contribution is 2.24. The van der Waals surface area contributed by atoms with Crippen LogP contribution in [0.5, 0.6) is 0 Å². The fraction of sp³-hybridized carbons (Fsp3) is 1.00. The first-order valence-electron chi connectivity index (χ1n) is 6.14. The van der Waals surface area contributed by atoms with Gasteiger partial charge in [-0.25, -0.2) is 0 Å². The van der Waals surface area contributed by atoms with Crippen LogP contribution < -0.4 is 5.32 Å². The van der Waals surface area contributed by atoms with Crippen LogP contribution in [0.2, 0.25) is 0 Å². The molecule has 0 rings (SSSR count). The van der Waals surface area contributed by atoms with Crippen LogP contribution in [0.25, 0.3) is 0 Å². The number of rotatable bonds is 7. The van der Waals surface area contributed by atoms with Gasteiger partial charge in [-0.05, 0) is 30.7 Å². The SMILES string of the molecule is CCCNC(CC(C)COC)C(C)(C)C. The molecule has 15 heavy (non-hydrogen) atoms. The van der Waals surface area contributed by atoms with E-state index >= 15 is 0 Å². The van der Waals surface area contributed by atoms with Crippen molar-refractivity contribution in [1.29, 1.82) is 0 Å². The van der Waals surface area contributed by atoms with Crippen LogP contribution in [-0.2, 0) is 4.74 Å². The lowest BCUT2D eigenvalue weighted by molar-refractivity contribution is 0.133. The number of ether oxygens (including phenoxy) is 1. The molecule has 0 saturated heterocycles. The van der Waals surface area contributed by atoms with Crippen molar-refractivity contribution in [3.8, 4) is 0 Å². The first-order chi connectivity index (χ1) is 6.91. The first-order valence-corrected chi connectivity index (χ1v) is 6.14. The van der Waals surface area contributed by atoms with Gasteiger partial charge in [-0.1, -0.05) is 34.6 Å². The molecule has 0 spiro atoms. The summed E-state index contributed by atoms with van der Waals surface area (Å²) in [6.07, 6.45) is 2.39. The second-order valence-electron chi connectivity index (χ2n) is 5.67. The molecule has 1 N–H and O–H groups in total. The van der Waals surface area contributed by atoms with Crippen molar-refractivity contribution in [2.24, 2.45) is 11.3 Å². The average Bonchev–Trinajstić information content (AvgIpc) is 2.10. The number of hydrogen-bond acceptors (Lipinski definition) is 2. The Morgan fingerprint density at radius 1 is 1.27 bits per heavy atom. The Morgan fingerprint density at radius 3 is 2.27 bits per heavy atom. The minimum atomic E-state index is 0.331. The Bertz CT molecular complexity index is 151. The van der Waals surface area contributed by atoms with E-state index in [1.807, 2.05) is 0 Å². The summed E-state index contributed by atoms with van der Waals surface area (Å²) < 4.78 is 5.19. The third-order valence-electron chi connectivity index (χ3n) is 2.78. The molecular formula is C13H29NO. The second-order valence-corrected chi connectivity index (χ2v) is 5.67. The number of methoxy groups -OCH3 is 1. The van der Waals surface area contributed by atoms with Crippen LogP contribution in [-0.4, -0.2) is 26.3 Å². The quantitative estimate of drug-likeness (QED) is 0.704. The lowest BCUT2D eigenvalue weighted by atomic mass is 9.81. The van der Waals surface area contributed by atoms with Crippen molar-refractivity contribution in [3.63, 3.8) is 0 Å². The second kappa shape index (κ2) is 7.24. The van der Waals surface area contributed by atoms with Crippen molar-refractivity contribution in [2.75, 3.05) is 20.3 Å². The standard InChI is InChI=1S/C13H29NO/c1-7-8-14-12(13(3,4)5)9-11(2)10-15-6/h11-12,14H,7-10H2,1-6H3. The minimum Gasteiger partial charge on any atom is -0.384 e. The van der Waals surface area contributed by atoms with Gasteiger partial charge in [-0.2, -0.15) is 0 Å². The molecule has 0 fully saturated rings. The van der Waals surface area contributed by atoms with Gasteiger partial charge < -0.3 is 10.1 Å². The predicted octanol–water partition coefficient (Wildman–Crippen LogP) is 3.07. The van der Waals surface area contributed by atoms with E-state index in [4.69, 9.17) is 4.74 Å². The van der Waals surface area contributed by atoms with Gasteiger partial charge >= 0.3 is 0 Å². The van der Waals surface area contributed by atoms with Crippen LogP contribution in [0.1, 0.15) is 47.5 Å². The number of hydrogen-bond donors (Lipinski definition) is 1. The molecule has 0 amide bonds. The predicted molar refractivity (Wildman–Crippen MR) is 67.2 cm³/mol. The smallest absolute Gasteiger partial charge is 0.0488 e. The highest BCUT2D eigenvalue weighted by molar-refractivity contribution is 4.81. The molecular weight excluding hydrogens is 186 g/mol. The van der Waals surface area contributed by atoms with Crippen molar-refractivity contribution in [2.45, 2.75) is 53.5 Å². The first kappa shape index (κ1) is 14.9. The van der Waals surface area contributed by atoms with Crippen molar-refractivity contribution in [3.05, 3.63) is 0 Å². The summed E-state index contributed by atoms with van der Waals surface area (Å²) in [6, 6.07) is 0.586. The van der Waals surface area contributed by atoms with Gasteiger partial charge in [-0.15, -0.1) is 0 Å². The molecule has 0 saturated carbocycles. The molecule has 0 aromatic rings. The van der Waals surface area contributed by atoms with Crippen LogP contribution in [0.3, 0.4) is 0 Å². The van der Waals surface area contributed by atoms with E-state index in [0.29, 0.717) is 17.4 Å². The zero-order valence-corrected chi connectivity index (χ0v) is 11.4. The zero-order chi connectivity index (χ0) is 11.9. The third-order valence-corrected chi connectivity index (χ3v) is 2.78.